The minimum Gasteiger partial charge on any atom is -0.477 e. The van der Waals surface area contributed by atoms with E-state index in [4.69, 9.17) is 9.47 Å². The van der Waals surface area contributed by atoms with Crippen LogP contribution in [0, 0.1) is 5.92 Å². The van der Waals surface area contributed by atoms with Crippen LogP contribution in [0.25, 0.3) is 0 Å². The summed E-state index contributed by atoms with van der Waals surface area (Å²) in [6, 6.07) is 9.36. The van der Waals surface area contributed by atoms with Crippen LogP contribution in [0.3, 0.4) is 0 Å². The SMILES string of the molecule is O=C(c1cccnc1)N1CCOC2CC(COc3ccccn3)CC21. The fourth-order valence-electron chi connectivity index (χ4n) is 3.73. The largest absolute Gasteiger partial charge is 0.477 e. The molecule has 1 saturated carbocycles. The Labute approximate surface area is 146 Å². The van der Waals surface area contributed by atoms with E-state index in [1.165, 1.54) is 0 Å². The summed E-state index contributed by atoms with van der Waals surface area (Å²) in [4.78, 5) is 23.0. The number of carbonyl (C=O) groups excluding carboxylic acids is 1. The van der Waals surface area contributed by atoms with Crippen molar-refractivity contribution in [2.75, 3.05) is 19.8 Å². The molecule has 1 aliphatic carbocycles. The number of nitrogens with zero attached hydrogens (tertiary/aromatic N) is 3. The second kappa shape index (κ2) is 7.19. The van der Waals surface area contributed by atoms with Gasteiger partial charge in [-0.15, -0.1) is 0 Å². The third-order valence-electron chi connectivity index (χ3n) is 4.91. The van der Waals surface area contributed by atoms with Gasteiger partial charge in [-0.2, -0.15) is 0 Å². The zero-order chi connectivity index (χ0) is 17.1. The number of fused-ring (bicyclic) bond motifs is 1. The van der Waals surface area contributed by atoms with Gasteiger partial charge in [-0.1, -0.05) is 6.07 Å². The highest BCUT2D eigenvalue weighted by atomic mass is 16.5. The summed E-state index contributed by atoms with van der Waals surface area (Å²) in [5.41, 5.74) is 0.635. The van der Waals surface area contributed by atoms with Crippen LogP contribution in [-0.2, 0) is 4.74 Å². The Morgan fingerprint density at radius 3 is 3.00 bits per heavy atom. The zero-order valence-corrected chi connectivity index (χ0v) is 14.0. The van der Waals surface area contributed by atoms with Crippen LogP contribution < -0.4 is 4.74 Å². The van der Waals surface area contributed by atoms with Gasteiger partial charge < -0.3 is 14.4 Å². The Morgan fingerprint density at radius 2 is 2.20 bits per heavy atom. The van der Waals surface area contributed by atoms with Gasteiger partial charge in [-0.3, -0.25) is 9.78 Å². The molecular formula is C19H21N3O3. The average molecular weight is 339 g/mol. The van der Waals surface area contributed by atoms with E-state index in [0.29, 0.717) is 37.1 Å². The predicted molar refractivity (Wildman–Crippen MR) is 91.3 cm³/mol. The molecule has 1 amide bonds. The van der Waals surface area contributed by atoms with Gasteiger partial charge in [0.25, 0.3) is 5.91 Å². The lowest BCUT2D eigenvalue weighted by Crippen LogP contribution is -2.51. The lowest BCUT2D eigenvalue weighted by Gasteiger charge is -2.37. The molecule has 3 atom stereocenters. The molecule has 3 heterocycles. The molecule has 0 spiro atoms. The summed E-state index contributed by atoms with van der Waals surface area (Å²) in [6.07, 6.45) is 6.92. The second-order valence-corrected chi connectivity index (χ2v) is 6.53. The van der Waals surface area contributed by atoms with Crippen molar-refractivity contribution in [1.29, 1.82) is 0 Å². The topological polar surface area (TPSA) is 64.6 Å². The van der Waals surface area contributed by atoms with Crippen molar-refractivity contribution in [3.05, 3.63) is 54.5 Å². The van der Waals surface area contributed by atoms with Crippen molar-refractivity contribution >= 4 is 5.91 Å². The van der Waals surface area contributed by atoms with E-state index in [1.807, 2.05) is 29.2 Å². The van der Waals surface area contributed by atoms with Crippen molar-refractivity contribution in [2.45, 2.75) is 25.0 Å². The number of hydrogen-bond donors (Lipinski definition) is 0. The summed E-state index contributed by atoms with van der Waals surface area (Å²) in [5, 5.41) is 0. The fraction of sp³-hybridized carbons (Fsp3) is 0.421. The predicted octanol–water partition coefficient (Wildman–Crippen LogP) is 2.18. The van der Waals surface area contributed by atoms with Gasteiger partial charge in [0.2, 0.25) is 5.88 Å². The van der Waals surface area contributed by atoms with E-state index < -0.39 is 0 Å². The number of rotatable bonds is 4. The first-order valence-electron chi connectivity index (χ1n) is 8.67. The Balaban J connectivity index is 1.41. The van der Waals surface area contributed by atoms with Crippen LogP contribution >= 0.6 is 0 Å². The number of hydrogen-bond acceptors (Lipinski definition) is 5. The van der Waals surface area contributed by atoms with Gasteiger partial charge in [-0.25, -0.2) is 4.98 Å². The number of pyridine rings is 2. The molecular weight excluding hydrogens is 318 g/mol. The maximum absolute atomic E-state index is 12.8. The second-order valence-electron chi connectivity index (χ2n) is 6.53. The quantitative estimate of drug-likeness (QED) is 0.854. The first-order valence-corrected chi connectivity index (χ1v) is 8.67. The Kier molecular flexibility index (Phi) is 4.61. The summed E-state index contributed by atoms with van der Waals surface area (Å²) in [5.74, 6) is 1.04. The van der Waals surface area contributed by atoms with Gasteiger partial charge in [0.15, 0.2) is 0 Å². The average Bonchev–Trinajstić information content (AvgIpc) is 3.10. The first-order chi connectivity index (χ1) is 12.3. The molecule has 2 aliphatic rings. The van der Waals surface area contributed by atoms with E-state index in [-0.39, 0.29) is 18.1 Å². The monoisotopic (exact) mass is 339 g/mol. The number of morpholine rings is 1. The number of ether oxygens (including phenoxy) is 2. The molecule has 25 heavy (non-hydrogen) atoms. The van der Waals surface area contributed by atoms with Crippen molar-refractivity contribution in [2.24, 2.45) is 5.92 Å². The molecule has 1 saturated heterocycles. The molecule has 0 bridgehead atoms. The molecule has 130 valence electrons. The minimum absolute atomic E-state index is 0.0395. The molecule has 3 unspecified atom stereocenters. The van der Waals surface area contributed by atoms with Crippen molar-refractivity contribution in [3.63, 3.8) is 0 Å². The van der Waals surface area contributed by atoms with Gasteiger partial charge in [0.05, 0.1) is 30.9 Å². The Morgan fingerprint density at radius 1 is 1.24 bits per heavy atom. The van der Waals surface area contributed by atoms with E-state index in [2.05, 4.69) is 9.97 Å². The van der Waals surface area contributed by atoms with Crippen LogP contribution in [0.2, 0.25) is 0 Å². The van der Waals surface area contributed by atoms with Gasteiger partial charge in [0.1, 0.15) is 0 Å². The van der Waals surface area contributed by atoms with E-state index >= 15 is 0 Å². The zero-order valence-electron chi connectivity index (χ0n) is 14.0. The summed E-state index contributed by atoms with van der Waals surface area (Å²) in [7, 11) is 0. The van der Waals surface area contributed by atoms with Crippen molar-refractivity contribution in [3.8, 4) is 5.88 Å². The molecule has 4 rings (SSSR count). The van der Waals surface area contributed by atoms with Crippen molar-refractivity contribution < 1.29 is 14.3 Å². The van der Waals surface area contributed by atoms with E-state index in [9.17, 15) is 4.79 Å². The third-order valence-corrected chi connectivity index (χ3v) is 4.91. The van der Waals surface area contributed by atoms with Crippen LogP contribution in [-0.4, -0.2) is 52.7 Å². The van der Waals surface area contributed by atoms with Crippen LogP contribution in [0.5, 0.6) is 5.88 Å². The summed E-state index contributed by atoms with van der Waals surface area (Å²) in [6.45, 7) is 1.81. The summed E-state index contributed by atoms with van der Waals surface area (Å²) >= 11 is 0. The summed E-state index contributed by atoms with van der Waals surface area (Å²) < 4.78 is 11.7. The highest BCUT2D eigenvalue weighted by molar-refractivity contribution is 5.94. The van der Waals surface area contributed by atoms with Gasteiger partial charge >= 0.3 is 0 Å². The van der Waals surface area contributed by atoms with Crippen LogP contribution in [0.1, 0.15) is 23.2 Å². The van der Waals surface area contributed by atoms with Gasteiger partial charge in [0, 0.05) is 31.2 Å². The number of aromatic nitrogens is 2. The molecule has 2 aromatic heterocycles. The van der Waals surface area contributed by atoms with E-state index in [0.717, 1.165) is 12.8 Å². The van der Waals surface area contributed by atoms with Crippen molar-refractivity contribution in [1.82, 2.24) is 14.9 Å². The normalized spacial score (nSPS) is 25.4. The highest BCUT2D eigenvalue weighted by Gasteiger charge is 2.43. The lowest BCUT2D eigenvalue weighted by molar-refractivity contribution is -0.0448. The number of amides is 1. The standard InChI is InChI=1S/C19H21N3O3/c23-19(15-4-3-6-20-12-15)22-8-9-24-17-11-14(10-16(17)22)13-25-18-5-1-2-7-21-18/h1-7,12,14,16-17H,8-11,13H2. The fourth-order valence-corrected chi connectivity index (χ4v) is 3.73. The maximum Gasteiger partial charge on any atom is 0.255 e. The maximum atomic E-state index is 12.8. The molecule has 2 aromatic rings. The smallest absolute Gasteiger partial charge is 0.255 e. The Hall–Kier alpha value is -2.47. The first kappa shape index (κ1) is 16.0. The highest BCUT2D eigenvalue weighted by Crippen LogP contribution is 2.35. The Bertz CT molecular complexity index is 710. The molecule has 0 aromatic carbocycles. The molecule has 0 radical (unpaired) electrons. The van der Waals surface area contributed by atoms with Crippen LogP contribution in [0.15, 0.2) is 48.9 Å². The minimum atomic E-state index is 0.0395. The lowest BCUT2D eigenvalue weighted by atomic mass is 10.1. The number of carbonyl (C=O) groups is 1. The molecule has 2 fully saturated rings. The molecule has 1 aliphatic heterocycles. The van der Waals surface area contributed by atoms with E-state index in [1.54, 1.807) is 24.7 Å². The third kappa shape index (κ3) is 3.49. The van der Waals surface area contributed by atoms with Crippen LogP contribution in [0.4, 0.5) is 0 Å². The molecule has 6 heteroatoms. The molecule has 0 N–H and O–H groups in total. The molecule has 6 nitrogen and oxygen atoms in total. The van der Waals surface area contributed by atoms with Gasteiger partial charge in [-0.05, 0) is 37.0 Å².